The molecule has 0 atom stereocenters. The molecule has 0 unspecified atom stereocenters. The molecule has 0 heteroatoms. The van der Waals surface area contributed by atoms with Crippen molar-refractivity contribution >= 4 is 6.08 Å². The minimum Gasteiger partial charge on any atom is -0.0617 e. The van der Waals surface area contributed by atoms with Gasteiger partial charge in [-0.2, -0.15) is 0 Å². The molecule has 0 amide bonds. The number of rotatable bonds is 1. The molecule has 0 aliphatic rings. The van der Waals surface area contributed by atoms with Crippen molar-refractivity contribution in [3.8, 4) is 0 Å². The summed E-state index contributed by atoms with van der Waals surface area (Å²) in [5.41, 5.74) is 2.04. The highest BCUT2D eigenvalue weighted by atomic mass is 13.9. The fourth-order valence-corrected chi connectivity index (χ4v) is 0.629. The molecule has 44 valence electrons. The minimum atomic E-state index is 1.01. The van der Waals surface area contributed by atoms with E-state index in [1.165, 1.54) is 0 Å². The van der Waals surface area contributed by atoms with Gasteiger partial charge in [-0.1, -0.05) is 36.9 Å². The summed E-state index contributed by atoms with van der Waals surface area (Å²) in [6, 6.07) is 7.72. The van der Waals surface area contributed by atoms with Gasteiger partial charge < -0.3 is 0 Å². The van der Waals surface area contributed by atoms with Gasteiger partial charge in [0.05, 0.1) is 0 Å². The lowest BCUT2D eigenvalue weighted by Crippen LogP contribution is -1.71. The molecule has 0 saturated heterocycles. The van der Waals surface area contributed by atoms with E-state index in [1.54, 1.807) is 6.08 Å². The molecule has 2 radical (unpaired) electrons. The molecule has 0 aromatic heterocycles. The molecule has 0 aliphatic carbocycles. The Bertz CT molecular complexity index is 194. The van der Waals surface area contributed by atoms with Gasteiger partial charge in [-0.15, -0.1) is 0 Å². The normalized spacial score (nSPS) is 9.00. The smallest absolute Gasteiger partial charge is 0.0238 e. The van der Waals surface area contributed by atoms with E-state index in [0.717, 1.165) is 11.1 Å². The highest BCUT2D eigenvalue weighted by molar-refractivity contribution is 5.46. The lowest BCUT2D eigenvalue weighted by atomic mass is 10.2. The summed E-state index contributed by atoms with van der Waals surface area (Å²) in [5.74, 6) is 0. The quantitative estimate of drug-likeness (QED) is 0.528. The summed E-state index contributed by atoms with van der Waals surface area (Å²) in [4.78, 5) is 0. The standard InChI is InChI=1S/C9H8/c1-3-9-6-4-8(2)5-7-9/h1,3-7H,2H2. The highest BCUT2D eigenvalue weighted by Gasteiger charge is 1.82. The second-order valence-electron chi connectivity index (χ2n) is 1.91. The fraction of sp³-hybridized carbons (Fsp3) is 0. The molecular weight excluding hydrogens is 108 g/mol. The summed E-state index contributed by atoms with van der Waals surface area (Å²) in [6.07, 6.45) is 1.57. The Hall–Kier alpha value is -1.04. The van der Waals surface area contributed by atoms with Gasteiger partial charge >= 0.3 is 0 Å². The first-order valence-electron chi connectivity index (χ1n) is 2.80. The summed E-state index contributed by atoms with van der Waals surface area (Å²) in [7, 11) is 0. The van der Waals surface area contributed by atoms with E-state index in [2.05, 4.69) is 6.92 Å². The highest BCUT2D eigenvalue weighted by Crippen LogP contribution is 2.02. The Labute approximate surface area is 55.8 Å². The Morgan fingerprint density at radius 1 is 1.22 bits per heavy atom. The largest absolute Gasteiger partial charge is 0.0617 e. The first-order chi connectivity index (χ1) is 4.33. The first kappa shape index (κ1) is 6.09. The third-order valence-electron chi connectivity index (χ3n) is 1.17. The van der Waals surface area contributed by atoms with E-state index in [4.69, 9.17) is 6.58 Å². The topological polar surface area (TPSA) is 0 Å². The van der Waals surface area contributed by atoms with Gasteiger partial charge in [0.15, 0.2) is 0 Å². The third kappa shape index (κ3) is 1.43. The van der Waals surface area contributed by atoms with Gasteiger partial charge in [0.25, 0.3) is 0 Å². The van der Waals surface area contributed by atoms with E-state index in [1.807, 2.05) is 24.3 Å². The second kappa shape index (κ2) is 2.49. The zero-order valence-electron chi connectivity index (χ0n) is 5.17. The van der Waals surface area contributed by atoms with E-state index < -0.39 is 0 Å². The molecule has 1 aromatic carbocycles. The lowest BCUT2D eigenvalue weighted by Gasteiger charge is -1.91. The zero-order valence-corrected chi connectivity index (χ0v) is 5.17. The molecule has 0 heterocycles. The maximum absolute atomic E-state index is 5.25. The summed E-state index contributed by atoms with van der Waals surface area (Å²) in [5, 5.41) is 0. The molecule has 1 rings (SSSR count). The number of hydrogen-bond donors (Lipinski definition) is 0. The van der Waals surface area contributed by atoms with Gasteiger partial charge in [0, 0.05) is 0 Å². The predicted octanol–water partition coefficient (Wildman–Crippen LogP) is 2.31. The minimum absolute atomic E-state index is 1.01. The molecule has 9 heavy (non-hydrogen) atoms. The maximum Gasteiger partial charge on any atom is -0.0238 e. The SMILES string of the molecule is [CH]=Cc1ccc([CH2])cc1. The van der Waals surface area contributed by atoms with Gasteiger partial charge in [0.1, 0.15) is 0 Å². The van der Waals surface area contributed by atoms with Crippen LogP contribution in [0.2, 0.25) is 0 Å². The lowest BCUT2D eigenvalue weighted by molar-refractivity contribution is 1.59. The Kier molecular flexibility index (Phi) is 1.69. The van der Waals surface area contributed by atoms with Crippen LogP contribution >= 0.6 is 0 Å². The van der Waals surface area contributed by atoms with Crippen molar-refractivity contribution in [3.05, 3.63) is 48.9 Å². The van der Waals surface area contributed by atoms with Crippen LogP contribution in [0.3, 0.4) is 0 Å². The summed E-state index contributed by atoms with van der Waals surface area (Å²) >= 11 is 0. The van der Waals surface area contributed by atoms with Crippen LogP contribution in [0.25, 0.3) is 6.08 Å². The van der Waals surface area contributed by atoms with Crippen molar-refractivity contribution in [2.24, 2.45) is 0 Å². The van der Waals surface area contributed by atoms with Crippen LogP contribution in [0.1, 0.15) is 11.1 Å². The average Bonchev–Trinajstić information content (AvgIpc) is 1.90. The van der Waals surface area contributed by atoms with E-state index >= 15 is 0 Å². The van der Waals surface area contributed by atoms with Gasteiger partial charge in [-0.05, 0) is 18.1 Å². The molecular formula is C9H8. The average molecular weight is 116 g/mol. The fourth-order valence-electron chi connectivity index (χ4n) is 0.629. The second-order valence-corrected chi connectivity index (χ2v) is 1.91. The van der Waals surface area contributed by atoms with Crippen LogP contribution < -0.4 is 0 Å². The molecule has 0 saturated carbocycles. The molecule has 0 N–H and O–H groups in total. The molecule has 0 nitrogen and oxygen atoms in total. The van der Waals surface area contributed by atoms with E-state index in [9.17, 15) is 0 Å². The van der Waals surface area contributed by atoms with Crippen molar-refractivity contribution in [1.82, 2.24) is 0 Å². The van der Waals surface area contributed by atoms with Crippen LogP contribution in [-0.4, -0.2) is 0 Å². The molecule has 0 aliphatic heterocycles. The van der Waals surface area contributed by atoms with Crippen LogP contribution in [0.15, 0.2) is 24.3 Å². The Morgan fingerprint density at radius 2 is 1.78 bits per heavy atom. The number of hydrogen-bond acceptors (Lipinski definition) is 0. The predicted molar refractivity (Wildman–Crippen MR) is 39.7 cm³/mol. The molecule has 0 bridgehead atoms. The molecule has 1 aromatic rings. The van der Waals surface area contributed by atoms with Crippen LogP contribution in [-0.2, 0) is 0 Å². The van der Waals surface area contributed by atoms with Crippen molar-refractivity contribution in [2.75, 3.05) is 0 Å². The van der Waals surface area contributed by atoms with Crippen LogP contribution in [0.4, 0.5) is 0 Å². The van der Waals surface area contributed by atoms with Crippen LogP contribution in [0, 0.1) is 13.5 Å². The first-order valence-corrected chi connectivity index (χ1v) is 2.80. The van der Waals surface area contributed by atoms with Gasteiger partial charge in [0.2, 0.25) is 0 Å². The van der Waals surface area contributed by atoms with Gasteiger partial charge in [-0.3, -0.25) is 0 Å². The van der Waals surface area contributed by atoms with E-state index in [-0.39, 0.29) is 0 Å². The summed E-state index contributed by atoms with van der Waals surface area (Å²) in [6.45, 7) is 9.00. The molecule has 0 spiro atoms. The monoisotopic (exact) mass is 116 g/mol. The zero-order chi connectivity index (χ0) is 6.69. The number of benzene rings is 1. The maximum atomic E-state index is 5.25. The van der Waals surface area contributed by atoms with Crippen LogP contribution in [0.5, 0.6) is 0 Å². The van der Waals surface area contributed by atoms with Gasteiger partial charge in [-0.25, -0.2) is 0 Å². The van der Waals surface area contributed by atoms with E-state index in [0.29, 0.717) is 0 Å². The van der Waals surface area contributed by atoms with Crippen molar-refractivity contribution in [3.63, 3.8) is 0 Å². The summed E-state index contributed by atoms with van der Waals surface area (Å²) < 4.78 is 0. The van der Waals surface area contributed by atoms with Crippen molar-refractivity contribution in [1.29, 1.82) is 0 Å². The molecule has 0 fully saturated rings. The third-order valence-corrected chi connectivity index (χ3v) is 1.17. The van der Waals surface area contributed by atoms with Crippen molar-refractivity contribution < 1.29 is 0 Å². The Balaban J connectivity index is 3.01. The Morgan fingerprint density at radius 3 is 2.22 bits per heavy atom. The van der Waals surface area contributed by atoms with Crippen molar-refractivity contribution in [2.45, 2.75) is 0 Å².